The summed E-state index contributed by atoms with van der Waals surface area (Å²) in [6, 6.07) is 8.66. The van der Waals surface area contributed by atoms with E-state index in [0.717, 1.165) is 19.7 Å². The van der Waals surface area contributed by atoms with Gasteiger partial charge in [0.05, 0.1) is 13.2 Å². The predicted molar refractivity (Wildman–Crippen MR) is 66.8 cm³/mol. The van der Waals surface area contributed by atoms with Crippen LogP contribution in [0.3, 0.4) is 0 Å². The van der Waals surface area contributed by atoms with Crippen molar-refractivity contribution in [2.45, 2.75) is 12.8 Å². The van der Waals surface area contributed by atoms with Crippen LogP contribution in [0, 0.1) is 0 Å². The van der Waals surface area contributed by atoms with Crippen molar-refractivity contribution in [1.29, 1.82) is 0 Å². The van der Waals surface area contributed by atoms with Crippen LogP contribution in [0.25, 0.3) is 0 Å². The van der Waals surface area contributed by atoms with E-state index in [1.54, 1.807) is 0 Å². The summed E-state index contributed by atoms with van der Waals surface area (Å²) in [5.41, 5.74) is 8.23. The molecule has 1 heterocycles. The minimum Gasteiger partial charge on any atom is -0.378 e. The lowest BCUT2D eigenvalue weighted by Crippen LogP contribution is -2.32. The molecule has 0 saturated carbocycles. The maximum atomic E-state index is 5.43. The van der Waals surface area contributed by atoms with Gasteiger partial charge in [0.25, 0.3) is 0 Å². The van der Waals surface area contributed by atoms with E-state index in [-0.39, 0.29) is 0 Å². The number of nitrogens with two attached hydrogens (primary N) is 1. The van der Waals surface area contributed by atoms with Gasteiger partial charge in [-0.25, -0.2) is 0 Å². The van der Waals surface area contributed by atoms with Gasteiger partial charge in [0.2, 0.25) is 0 Å². The van der Waals surface area contributed by atoms with Crippen LogP contribution in [-0.2, 0) is 11.2 Å². The standard InChI is InChI=1S/C13H20N2O/c14-7-10-16-11-9-15-8-3-5-12-4-1-2-6-13(12)15/h1-2,4,6H,3,5,7-11,14H2. The van der Waals surface area contributed by atoms with Crippen LogP contribution < -0.4 is 10.6 Å². The van der Waals surface area contributed by atoms with Gasteiger partial charge in [-0.1, -0.05) is 18.2 Å². The van der Waals surface area contributed by atoms with Crippen LogP contribution in [0.15, 0.2) is 24.3 Å². The highest BCUT2D eigenvalue weighted by Crippen LogP contribution is 2.25. The highest BCUT2D eigenvalue weighted by Gasteiger charge is 2.15. The Labute approximate surface area is 97.2 Å². The van der Waals surface area contributed by atoms with Gasteiger partial charge in [-0.3, -0.25) is 0 Å². The Balaban J connectivity index is 1.91. The molecule has 0 unspecified atom stereocenters. The fourth-order valence-electron chi connectivity index (χ4n) is 2.20. The molecule has 88 valence electrons. The van der Waals surface area contributed by atoms with Gasteiger partial charge in [0.1, 0.15) is 0 Å². The monoisotopic (exact) mass is 220 g/mol. The summed E-state index contributed by atoms with van der Waals surface area (Å²) in [4.78, 5) is 2.41. The number of benzene rings is 1. The Morgan fingerprint density at radius 3 is 3.00 bits per heavy atom. The second-order valence-corrected chi connectivity index (χ2v) is 4.12. The molecule has 0 fully saturated rings. The number of fused-ring (bicyclic) bond motifs is 1. The van der Waals surface area contributed by atoms with Crippen LogP contribution in [-0.4, -0.2) is 32.8 Å². The predicted octanol–water partition coefficient (Wildman–Crippen LogP) is 1.41. The van der Waals surface area contributed by atoms with Crippen molar-refractivity contribution in [3.63, 3.8) is 0 Å². The molecule has 3 nitrogen and oxygen atoms in total. The quantitative estimate of drug-likeness (QED) is 0.763. The zero-order chi connectivity index (χ0) is 11.2. The molecule has 3 heteroatoms. The molecule has 0 aromatic heterocycles. The molecule has 1 aromatic carbocycles. The molecule has 1 aliphatic rings. The summed E-state index contributed by atoms with van der Waals surface area (Å²) < 4.78 is 5.43. The topological polar surface area (TPSA) is 38.5 Å². The van der Waals surface area contributed by atoms with E-state index in [4.69, 9.17) is 10.5 Å². The van der Waals surface area contributed by atoms with Crippen molar-refractivity contribution in [3.05, 3.63) is 29.8 Å². The van der Waals surface area contributed by atoms with Gasteiger partial charge in [-0.2, -0.15) is 0 Å². The van der Waals surface area contributed by atoms with Crippen molar-refractivity contribution < 1.29 is 4.74 Å². The molecule has 2 rings (SSSR count). The summed E-state index contributed by atoms with van der Waals surface area (Å²) in [5, 5.41) is 0. The fraction of sp³-hybridized carbons (Fsp3) is 0.538. The van der Waals surface area contributed by atoms with Crippen molar-refractivity contribution >= 4 is 5.69 Å². The molecule has 16 heavy (non-hydrogen) atoms. The summed E-state index contributed by atoms with van der Waals surface area (Å²) >= 11 is 0. The van der Waals surface area contributed by atoms with E-state index in [1.165, 1.54) is 24.1 Å². The zero-order valence-electron chi connectivity index (χ0n) is 9.69. The molecule has 0 spiro atoms. The number of nitrogens with zero attached hydrogens (tertiary/aromatic N) is 1. The Hall–Kier alpha value is -1.06. The minimum absolute atomic E-state index is 0.608. The first kappa shape index (κ1) is 11.4. The Morgan fingerprint density at radius 2 is 2.12 bits per heavy atom. The van der Waals surface area contributed by atoms with E-state index in [2.05, 4.69) is 29.2 Å². The molecular weight excluding hydrogens is 200 g/mol. The number of para-hydroxylation sites is 1. The van der Waals surface area contributed by atoms with Gasteiger partial charge in [0.15, 0.2) is 0 Å². The summed E-state index contributed by atoms with van der Waals surface area (Å²) in [5.74, 6) is 0. The third kappa shape index (κ3) is 2.74. The average Bonchev–Trinajstić information content (AvgIpc) is 2.35. The second-order valence-electron chi connectivity index (χ2n) is 4.12. The SMILES string of the molecule is NCCOCCN1CCCc2ccccc21. The summed E-state index contributed by atoms with van der Waals surface area (Å²) in [6.07, 6.45) is 2.45. The fourth-order valence-corrected chi connectivity index (χ4v) is 2.20. The highest BCUT2D eigenvalue weighted by molar-refractivity contribution is 5.55. The van der Waals surface area contributed by atoms with Crippen LogP contribution in [0.4, 0.5) is 5.69 Å². The van der Waals surface area contributed by atoms with Gasteiger partial charge >= 0.3 is 0 Å². The lowest BCUT2D eigenvalue weighted by Gasteiger charge is -2.31. The third-order valence-corrected chi connectivity index (χ3v) is 2.97. The normalized spacial score (nSPS) is 14.9. The Bertz CT molecular complexity index is 327. The first-order valence-corrected chi connectivity index (χ1v) is 6.02. The van der Waals surface area contributed by atoms with Gasteiger partial charge in [0, 0.05) is 25.3 Å². The summed E-state index contributed by atoms with van der Waals surface area (Å²) in [7, 11) is 0. The van der Waals surface area contributed by atoms with Gasteiger partial charge in [-0.15, -0.1) is 0 Å². The molecule has 0 radical (unpaired) electrons. The molecule has 2 N–H and O–H groups in total. The lowest BCUT2D eigenvalue weighted by molar-refractivity contribution is 0.147. The number of ether oxygens (including phenoxy) is 1. The van der Waals surface area contributed by atoms with Gasteiger partial charge < -0.3 is 15.4 Å². The molecule has 0 saturated heterocycles. The smallest absolute Gasteiger partial charge is 0.0642 e. The van der Waals surface area contributed by atoms with Crippen molar-refractivity contribution in [3.8, 4) is 0 Å². The number of hydrogen-bond donors (Lipinski definition) is 1. The molecule has 0 atom stereocenters. The number of aryl methyl sites for hydroxylation is 1. The first-order chi connectivity index (χ1) is 7.92. The van der Waals surface area contributed by atoms with Crippen LogP contribution in [0.2, 0.25) is 0 Å². The van der Waals surface area contributed by atoms with Crippen molar-refractivity contribution in [2.24, 2.45) is 5.73 Å². The molecule has 1 aromatic rings. The summed E-state index contributed by atoms with van der Waals surface area (Å²) in [6.45, 7) is 4.15. The molecule has 0 amide bonds. The van der Waals surface area contributed by atoms with Crippen LogP contribution >= 0.6 is 0 Å². The molecule has 0 aliphatic carbocycles. The number of rotatable bonds is 5. The van der Waals surface area contributed by atoms with E-state index in [1.807, 2.05) is 0 Å². The molecule has 0 bridgehead atoms. The molecular formula is C13H20N2O. The van der Waals surface area contributed by atoms with E-state index in [9.17, 15) is 0 Å². The van der Waals surface area contributed by atoms with Gasteiger partial charge in [-0.05, 0) is 24.5 Å². The molecule has 1 aliphatic heterocycles. The zero-order valence-corrected chi connectivity index (χ0v) is 9.69. The maximum absolute atomic E-state index is 5.43. The maximum Gasteiger partial charge on any atom is 0.0642 e. The Morgan fingerprint density at radius 1 is 1.25 bits per heavy atom. The van der Waals surface area contributed by atoms with Crippen molar-refractivity contribution in [1.82, 2.24) is 0 Å². The largest absolute Gasteiger partial charge is 0.378 e. The lowest BCUT2D eigenvalue weighted by atomic mass is 10.0. The minimum atomic E-state index is 0.608. The van der Waals surface area contributed by atoms with E-state index in [0.29, 0.717) is 13.2 Å². The average molecular weight is 220 g/mol. The van der Waals surface area contributed by atoms with E-state index >= 15 is 0 Å². The Kier molecular flexibility index (Phi) is 4.19. The van der Waals surface area contributed by atoms with Crippen LogP contribution in [0.5, 0.6) is 0 Å². The number of hydrogen-bond acceptors (Lipinski definition) is 3. The number of anilines is 1. The van der Waals surface area contributed by atoms with Crippen LogP contribution in [0.1, 0.15) is 12.0 Å². The van der Waals surface area contributed by atoms with Crippen molar-refractivity contribution in [2.75, 3.05) is 37.7 Å². The first-order valence-electron chi connectivity index (χ1n) is 6.02. The second kappa shape index (κ2) is 5.87. The van der Waals surface area contributed by atoms with E-state index < -0.39 is 0 Å². The third-order valence-electron chi connectivity index (χ3n) is 2.97. The highest BCUT2D eigenvalue weighted by atomic mass is 16.5.